The van der Waals surface area contributed by atoms with Gasteiger partial charge in [0.15, 0.2) is 11.5 Å². The average Bonchev–Trinajstić information content (AvgIpc) is 2.79. The van der Waals surface area contributed by atoms with Crippen LogP contribution in [0.25, 0.3) is 10.9 Å². The van der Waals surface area contributed by atoms with Crippen LogP contribution in [0.2, 0.25) is 5.02 Å². The number of methoxy groups -OCH3 is 1. The standard InChI is InChI=1S/C24H17Br3ClN3O3/c1-13-30-21-6-5-16(25)8-19(21)24(32)31(13)29-11-15-7-18(28)10-22(33-2)23(15)34-12-14-3-4-17(26)9-20(14)27/h3-11H,12H2,1-2H3. The molecule has 0 N–H and O–H groups in total. The van der Waals surface area contributed by atoms with Crippen LogP contribution in [0.3, 0.4) is 0 Å². The molecule has 10 heteroatoms. The van der Waals surface area contributed by atoms with E-state index in [9.17, 15) is 4.79 Å². The first-order valence-corrected chi connectivity index (χ1v) is 12.7. The molecule has 1 aromatic heterocycles. The molecule has 0 aliphatic rings. The van der Waals surface area contributed by atoms with E-state index in [2.05, 4.69) is 57.9 Å². The Bertz CT molecular complexity index is 1490. The van der Waals surface area contributed by atoms with E-state index in [0.717, 1.165) is 19.0 Å². The van der Waals surface area contributed by atoms with Gasteiger partial charge in [0.25, 0.3) is 5.56 Å². The maximum Gasteiger partial charge on any atom is 0.282 e. The zero-order valence-electron chi connectivity index (χ0n) is 18.0. The first-order valence-electron chi connectivity index (χ1n) is 9.94. The predicted molar refractivity (Wildman–Crippen MR) is 146 cm³/mol. The molecule has 0 aliphatic heterocycles. The SMILES string of the molecule is COc1cc(Cl)cc(C=Nn2c(C)nc3ccc(Br)cc3c2=O)c1OCc1ccc(Br)cc1Br. The Morgan fingerprint density at radius 3 is 2.56 bits per heavy atom. The lowest BCUT2D eigenvalue weighted by molar-refractivity contribution is 0.283. The molecule has 0 amide bonds. The Kier molecular flexibility index (Phi) is 7.77. The Balaban J connectivity index is 1.74. The highest BCUT2D eigenvalue weighted by molar-refractivity contribution is 9.11. The van der Waals surface area contributed by atoms with Crippen LogP contribution < -0.4 is 15.0 Å². The molecule has 0 saturated carbocycles. The van der Waals surface area contributed by atoms with Gasteiger partial charge in [-0.15, -0.1) is 0 Å². The smallest absolute Gasteiger partial charge is 0.282 e. The maximum atomic E-state index is 13.1. The molecular formula is C24H17Br3ClN3O3. The van der Waals surface area contributed by atoms with Crippen molar-refractivity contribution in [3.63, 3.8) is 0 Å². The second kappa shape index (κ2) is 10.6. The molecule has 4 aromatic rings. The highest BCUT2D eigenvalue weighted by Crippen LogP contribution is 2.35. The number of fused-ring (bicyclic) bond motifs is 1. The summed E-state index contributed by atoms with van der Waals surface area (Å²) in [7, 11) is 1.54. The summed E-state index contributed by atoms with van der Waals surface area (Å²) in [6, 6.07) is 14.5. The molecule has 34 heavy (non-hydrogen) atoms. The number of nitrogens with zero attached hydrogens (tertiary/aromatic N) is 3. The monoisotopic (exact) mass is 667 g/mol. The van der Waals surface area contributed by atoms with Crippen LogP contribution in [-0.2, 0) is 6.61 Å². The van der Waals surface area contributed by atoms with E-state index in [0.29, 0.717) is 38.8 Å². The molecule has 0 bridgehead atoms. The summed E-state index contributed by atoms with van der Waals surface area (Å²) in [6.07, 6.45) is 1.51. The zero-order chi connectivity index (χ0) is 24.4. The van der Waals surface area contributed by atoms with Crippen LogP contribution in [-0.4, -0.2) is 23.0 Å². The highest BCUT2D eigenvalue weighted by atomic mass is 79.9. The van der Waals surface area contributed by atoms with Gasteiger partial charge in [-0.2, -0.15) is 9.78 Å². The minimum Gasteiger partial charge on any atom is -0.493 e. The van der Waals surface area contributed by atoms with Gasteiger partial charge in [-0.05, 0) is 43.3 Å². The van der Waals surface area contributed by atoms with E-state index in [1.54, 1.807) is 31.2 Å². The summed E-state index contributed by atoms with van der Waals surface area (Å²) in [6.45, 7) is 2.00. The van der Waals surface area contributed by atoms with Gasteiger partial charge < -0.3 is 9.47 Å². The van der Waals surface area contributed by atoms with E-state index < -0.39 is 0 Å². The van der Waals surface area contributed by atoms with Crippen LogP contribution in [0.1, 0.15) is 17.0 Å². The van der Waals surface area contributed by atoms with Gasteiger partial charge in [-0.3, -0.25) is 4.79 Å². The fourth-order valence-corrected chi connectivity index (χ4v) is 5.03. The lowest BCUT2D eigenvalue weighted by Gasteiger charge is -2.15. The van der Waals surface area contributed by atoms with Crippen LogP contribution in [0, 0.1) is 6.92 Å². The molecule has 0 radical (unpaired) electrons. The van der Waals surface area contributed by atoms with Crippen molar-refractivity contribution in [3.8, 4) is 11.5 Å². The predicted octanol–water partition coefficient (Wildman–Crippen LogP) is 7.12. The highest BCUT2D eigenvalue weighted by Gasteiger charge is 2.14. The third-order valence-corrected chi connectivity index (χ3v) is 6.88. The Morgan fingerprint density at radius 2 is 1.82 bits per heavy atom. The number of aryl methyl sites for hydroxylation is 1. The van der Waals surface area contributed by atoms with Gasteiger partial charge in [0.05, 0.1) is 24.2 Å². The minimum atomic E-state index is -0.282. The fourth-order valence-electron chi connectivity index (χ4n) is 3.30. The van der Waals surface area contributed by atoms with Crippen LogP contribution in [0.15, 0.2) is 71.8 Å². The number of ether oxygens (including phenoxy) is 2. The molecule has 0 aliphatic carbocycles. The Morgan fingerprint density at radius 1 is 1.09 bits per heavy atom. The number of rotatable bonds is 6. The molecular weight excluding hydrogens is 653 g/mol. The summed E-state index contributed by atoms with van der Waals surface area (Å²) in [5.41, 5.74) is 1.82. The third kappa shape index (κ3) is 5.38. The lowest BCUT2D eigenvalue weighted by Crippen LogP contribution is -2.20. The summed E-state index contributed by atoms with van der Waals surface area (Å²) >= 11 is 16.7. The van der Waals surface area contributed by atoms with Crippen molar-refractivity contribution in [2.75, 3.05) is 7.11 Å². The van der Waals surface area contributed by atoms with Gasteiger partial charge in [0.1, 0.15) is 12.4 Å². The largest absolute Gasteiger partial charge is 0.493 e. The van der Waals surface area contributed by atoms with E-state index in [-0.39, 0.29) is 12.2 Å². The molecule has 0 unspecified atom stereocenters. The molecule has 174 valence electrons. The second-order valence-corrected chi connectivity index (χ2v) is 10.4. The van der Waals surface area contributed by atoms with Crippen molar-refractivity contribution in [2.24, 2.45) is 5.10 Å². The van der Waals surface area contributed by atoms with Crippen molar-refractivity contribution in [1.29, 1.82) is 0 Å². The fraction of sp³-hybridized carbons (Fsp3) is 0.125. The lowest BCUT2D eigenvalue weighted by atomic mass is 10.2. The Hall–Kier alpha value is -2.20. The molecule has 0 atom stereocenters. The van der Waals surface area contributed by atoms with E-state index >= 15 is 0 Å². The van der Waals surface area contributed by atoms with Gasteiger partial charge in [-0.25, -0.2) is 4.98 Å². The molecule has 6 nitrogen and oxygen atoms in total. The van der Waals surface area contributed by atoms with Gasteiger partial charge in [-0.1, -0.05) is 65.5 Å². The van der Waals surface area contributed by atoms with Crippen LogP contribution in [0.4, 0.5) is 0 Å². The summed E-state index contributed by atoms with van der Waals surface area (Å²) in [5, 5.41) is 5.31. The zero-order valence-corrected chi connectivity index (χ0v) is 23.5. The number of benzene rings is 3. The molecule has 4 rings (SSSR count). The normalized spacial score (nSPS) is 11.4. The maximum absolute atomic E-state index is 13.1. The van der Waals surface area contributed by atoms with Gasteiger partial charge >= 0.3 is 0 Å². The van der Waals surface area contributed by atoms with Gasteiger partial charge in [0.2, 0.25) is 0 Å². The number of hydrogen-bond donors (Lipinski definition) is 0. The molecule has 0 spiro atoms. The second-order valence-electron chi connectivity index (χ2n) is 7.23. The average molecular weight is 671 g/mol. The quantitative estimate of drug-likeness (QED) is 0.205. The van der Waals surface area contributed by atoms with Crippen LogP contribution >= 0.6 is 59.4 Å². The molecule has 0 saturated heterocycles. The first-order chi connectivity index (χ1) is 16.3. The van der Waals surface area contributed by atoms with E-state index in [1.165, 1.54) is 18.0 Å². The first kappa shape index (κ1) is 24.9. The van der Waals surface area contributed by atoms with Gasteiger partial charge in [0, 0.05) is 35.6 Å². The topological polar surface area (TPSA) is 65.7 Å². The summed E-state index contributed by atoms with van der Waals surface area (Å²) in [5.74, 6) is 1.35. The number of hydrogen-bond acceptors (Lipinski definition) is 5. The van der Waals surface area contributed by atoms with Crippen molar-refractivity contribution in [2.45, 2.75) is 13.5 Å². The van der Waals surface area contributed by atoms with Crippen molar-refractivity contribution in [3.05, 3.63) is 94.3 Å². The summed E-state index contributed by atoms with van der Waals surface area (Å²) < 4.78 is 15.5. The third-order valence-electron chi connectivity index (χ3n) is 4.94. The molecule has 3 aromatic carbocycles. The Labute approximate surface area is 225 Å². The summed E-state index contributed by atoms with van der Waals surface area (Å²) in [4.78, 5) is 17.6. The van der Waals surface area contributed by atoms with Crippen molar-refractivity contribution < 1.29 is 9.47 Å². The molecule has 1 heterocycles. The van der Waals surface area contributed by atoms with Crippen molar-refractivity contribution in [1.82, 2.24) is 9.66 Å². The van der Waals surface area contributed by atoms with E-state index in [4.69, 9.17) is 21.1 Å². The van der Waals surface area contributed by atoms with E-state index in [1.807, 2.05) is 24.3 Å². The number of aromatic nitrogens is 2. The van der Waals surface area contributed by atoms with Crippen LogP contribution in [0.5, 0.6) is 11.5 Å². The molecule has 0 fully saturated rings. The minimum absolute atomic E-state index is 0.275. The number of halogens is 4. The van der Waals surface area contributed by atoms with Crippen molar-refractivity contribution >= 4 is 76.5 Å².